The molecule has 2 heterocycles. The predicted octanol–water partition coefficient (Wildman–Crippen LogP) is 2.37. The number of aliphatic hydroxyl groups excluding tert-OH is 1. The number of carbonyl (C=O) groups excluding carboxylic acids is 1. The molecule has 1 aromatic heterocycles. The minimum Gasteiger partial charge on any atom is -0.393 e. The van der Waals surface area contributed by atoms with E-state index in [4.69, 9.17) is 11.6 Å². The first-order valence-electron chi connectivity index (χ1n) is 7.99. The first-order valence-corrected chi connectivity index (χ1v) is 8.36. The third kappa shape index (κ3) is 2.83. The van der Waals surface area contributed by atoms with Crippen molar-refractivity contribution in [3.63, 3.8) is 0 Å². The maximum Gasteiger partial charge on any atom is 0.251 e. The van der Waals surface area contributed by atoms with Crippen molar-refractivity contribution < 1.29 is 9.90 Å². The van der Waals surface area contributed by atoms with Gasteiger partial charge in [-0.15, -0.1) is 0 Å². The lowest BCUT2D eigenvalue weighted by Crippen LogP contribution is -2.18. The molecule has 0 spiro atoms. The topological polar surface area (TPSA) is 87.1 Å². The van der Waals surface area contributed by atoms with Crippen molar-refractivity contribution >= 4 is 23.5 Å². The van der Waals surface area contributed by atoms with Crippen molar-refractivity contribution in [2.75, 3.05) is 5.32 Å². The average Bonchev–Trinajstić information content (AvgIpc) is 3.15. The van der Waals surface area contributed by atoms with Crippen molar-refractivity contribution in [2.24, 2.45) is 0 Å². The molecule has 1 aliphatic carbocycles. The van der Waals surface area contributed by atoms with Gasteiger partial charge in [0.25, 0.3) is 5.91 Å². The molecule has 1 aromatic carbocycles. The summed E-state index contributed by atoms with van der Waals surface area (Å²) < 4.78 is 0. The second-order valence-corrected chi connectivity index (χ2v) is 6.66. The Kier molecular flexibility index (Phi) is 3.86. The minimum atomic E-state index is -0.260. The fourth-order valence-corrected chi connectivity index (χ4v) is 3.47. The summed E-state index contributed by atoms with van der Waals surface area (Å²) in [4.78, 5) is 20.6. The molecule has 0 radical (unpaired) electrons. The van der Waals surface area contributed by atoms with Crippen molar-refractivity contribution in [1.82, 2.24) is 15.3 Å². The van der Waals surface area contributed by atoms with Gasteiger partial charge in [-0.3, -0.25) is 4.79 Å². The number of anilines is 1. The first kappa shape index (κ1) is 15.4. The number of nitrogens with one attached hydrogen (secondary N) is 2. The van der Waals surface area contributed by atoms with E-state index in [2.05, 4.69) is 20.6 Å². The van der Waals surface area contributed by atoms with Crippen molar-refractivity contribution in [2.45, 2.75) is 38.0 Å². The van der Waals surface area contributed by atoms with E-state index in [0.717, 1.165) is 24.0 Å². The molecular weight excluding hydrogens is 328 g/mol. The van der Waals surface area contributed by atoms with Gasteiger partial charge in [-0.1, -0.05) is 23.7 Å². The summed E-state index contributed by atoms with van der Waals surface area (Å²) in [6.07, 6.45) is 3.68. The largest absolute Gasteiger partial charge is 0.393 e. The zero-order valence-corrected chi connectivity index (χ0v) is 13.7. The molecule has 1 aliphatic heterocycles. The lowest BCUT2D eigenvalue weighted by atomic mass is 10.0. The molecule has 2 aliphatic rings. The molecule has 0 bridgehead atoms. The van der Waals surface area contributed by atoms with Gasteiger partial charge in [-0.05, 0) is 30.9 Å². The number of nitrogens with zero attached hydrogens (tertiary/aromatic N) is 2. The third-order valence-corrected chi connectivity index (χ3v) is 4.83. The average molecular weight is 345 g/mol. The van der Waals surface area contributed by atoms with Gasteiger partial charge in [0.2, 0.25) is 5.95 Å². The number of fused-ring (bicyclic) bond motifs is 1. The maximum atomic E-state index is 11.8. The highest BCUT2D eigenvalue weighted by molar-refractivity contribution is 6.33. The van der Waals surface area contributed by atoms with Gasteiger partial charge < -0.3 is 15.7 Å². The van der Waals surface area contributed by atoms with Crippen LogP contribution in [-0.2, 0) is 6.54 Å². The summed E-state index contributed by atoms with van der Waals surface area (Å²) in [7, 11) is 0. The summed E-state index contributed by atoms with van der Waals surface area (Å²) >= 11 is 6.26. The van der Waals surface area contributed by atoms with Gasteiger partial charge in [0.1, 0.15) is 0 Å². The summed E-state index contributed by atoms with van der Waals surface area (Å²) in [6.45, 7) is 0.558. The molecule has 3 N–H and O–H groups in total. The van der Waals surface area contributed by atoms with Crippen LogP contribution in [0.4, 0.5) is 5.95 Å². The van der Waals surface area contributed by atoms with E-state index < -0.39 is 0 Å². The van der Waals surface area contributed by atoms with E-state index in [9.17, 15) is 9.90 Å². The number of aromatic nitrogens is 2. The Labute approximate surface area is 144 Å². The van der Waals surface area contributed by atoms with Crippen molar-refractivity contribution in [3.8, 4) is 11.3 Å². The van der Waals surface area contributed by atoms with Gasteiger partial charge in [-0.2, -0.15) is 0 Å². The second-order valence-electron chi connectivity index (χ2n) is 6.25. The van der Waals surface area contributed by atoms with Crippen LogP contribution >= 0.6 is 11.6 Å². The Hall–Kier alpha value is -2.18. The Balaban J connectivity index is 1.64. The van der Waals surface area contributed by atoms with Gasteiger partial charge in [0.05, 0.1) is 23.0 Å². The van der Waals surface area contributed by atoms with E-state index in [1.165, 1.54) is 0 Å². The molecule has 0 saturated heterocycles. The van der Waals surface area contributed by atoms with Crippen molar-refractivity contribution in [1.29, 1.82) is 0 Å². The summed E-state index contributed by atoms with van der Waals surface area (Å²) in [6, 6.07) is 5.81. The van der Waals surface area contributed by atoms with Crippen LogP contribution in [0.25, 0.3) is 11.3 Å². The molecule has 2 atom stereocenters. The lowest BCUT2D eigenvalue weighted by Gasteiger charge is -2.13. The number of hydrogen-bond donors (Lipinski definition) is 3. The van der Waals surface area contributed by atoms with E-state index in [1.807, 2.05) is 18.2 Å². The zero-order valence-electron chi connectivity index (χ0n) is 12.9. The highest BCUT2D eigenvalue weighted by Gasteiger charge is 2.24. The fraction of sp³-hybridized carbons (Fsp3) is 0.353. The smallest absolute Gasteiger partial charge is 0.251 e. The van der Waals surface area contributed by atoms with Crippen LogP contribution in [0.2, 0.25) is 5.02 Å². The molecule has 1 amide bonds. The third-order valence-electron chi connectivity index (χ3n) is 4.55. The van der Waals surface area contributed by atoms with Gasteiger partial charge in [-0.25, -0.2) is 9.97 Å². The van der Waals surface area contributed by atoms with Crippen molar-refractivity contribution in [3.05, 3.63) is 40.5 Å². The van der Waals surface area contributed by atoms with Crippen LogP contribution in [0.3, 0.4) is 0 Å². The van der Waals surface area contributed by atoms with Crippen LogP contribution in [0, 0.1) is 0 Å². The number of aliphatic hydroxyl groups is 1. The van der Waals surface area contributed by atoms with E-state index in [1.54, 1.807) is 6.20 Å². The molecule has 4 rings (SSSR count). The Morgan fingerprint density at radius 1 is 1.33 bits per heavy atom. The zero-order chi connectivity index (χ0) is 16.7. The molecule has 7 heteroatoms. The van der Waals surface area contributed by atoms with Gasteiger partial charge in [0, 0.05) is 23.7 Å². The number of hydrogen-bond acceptors (Lipinski definition) is 5. The summed E-state index contributed by atoms with van der Waals surface area (Å²) in [5.74, 6) is 0.411. The molecule has 1 fully saturated rings. The fourth-order valence-electron chi connectivity index (χ4n) is 3.27. The molecule has 1 saturated carbocycles. The highest BCUT2D eigenvalue weighted by Crippen LogP contribution is 2.30. The summed E-state index contributed by atoms with van der Waals surface area (Å²) in [5, 5.41) is 16.1. The molecule has 2 aromatic rings. The van der Waals surface area contributed by atoms with Crippen LogP contribution in [0.1, 0.15) is 35.2 Å². The van der Waals surface area contributed by atoms with Gasteiger partial charge >= 0.3 is 0 Å². The maximum absolute atomic E-state index is 11.8. The number of amides is 1. The Bertz CT molecular complexity index is 811. The number of carbonyl (C=O) groups is 1. The normalized spacial score (nSPS) is 22.3. The lowest BCUT2D eigenvalue weighted by molar-refractivity contribution is 0.0965. The number of halogens is 1. The first-order chi connectivity index (χ1) is 11.6. The minimum absolute atomic E-state index is 0.0738. The number of benzene rings is 1. The van der Waals surface area contributed by atoms with Crippen LogP contribution in [0.5, 0.6) is 0 Å². The van der Waals surface area contributed by atoms with Crippen LogP contribution in [0.15, 0.2) is 24.4 Å². The second kappa shape index (κ2) is 6.03. The molecule has 6 nitrogen and oxygen atoms in total. The monoisotopic (exact) mass is 344 g/mol. The van der Waals surface area contributed by atoms with Crippen LogP contribution < -0.4 is 10.6 Å². The molecular formula is C17H17ClN4O2. The van der Waals surface area contributed by atoms with E-state index in [-0.39, 0.29) is 18.1 Å². The molecule has 24 heavy (non-hydrogen) atoms. The Morgan fingerprint density at radius 3 is 3.00 bits per heavy atom. The molecule has 124 valence electrons. The highest BCUT2D eigenvalue weighted by atomic mass is 35.5. The van der Waals surface area contributed by atoms with E-state index in [0.29, 0.717) is 35.2 Å². The van der Waals surface area contributed by atoms with E-state index >= 15 is 0 Å². The standard InChI is InChI=1S/C17H17ClN4O2/c18-14-8-20-17(21-11-3-4-12(23)6-11)22-15(14)9-1-2-10-7-19-16(24)13(10)5-9/h1-2,5,8,11-12,23H,3-4,6-7H2,(H,19,24)(H,20,21,22)/t11-,12-/m1/s1. The quantitative estimate of drug-likeness (QED) is 0.795. The SMILES string of the molecule is O=C1NCc2ccc(-c3nc(N[C@@H]4CC[C@@H](O)C4)ncc3Cl)cc21. The van der Waals surface area contributed by atoms with Gasteiger partial charge in [0.15, 0.2) is 0 Å². The summed E-state index contributed by atoms with van der Waals surface area (Å²) in [5.41, 5.74) is 3.02. The van der Waals surface area contributed by atoms with Crippen LogP contribution in [-0.4, -0.2) is 33.1 Å². The predicted molar refractivity (Wildman–Crippen MR) is 90.9 cm³/mol. The number of rotatable bonds is 3. The molecule has 0 unspecified atom stereocenters. The Morgan fingerprint density at radius 2 is 2.21 bits per heavy atom.